The van der Waals surface area contributed by atoms with Gasteiger partial charge in [-0.15, -0.1) is 0 Å². The molecule has 0 saturated heterocycles. The SMILES string of the molecule is CC(C)(C)C(=O)CCC(=N)N.CC(C)(C)OC(=O)CC(=N)N. The summed E-state index contributed by atoms with van der Waals surface area (Å²) in [4.78, 5) is 22.0. The van der Waals surface area contributed by atoms with Crippen molar-refractivity contribution in [3.8, 4) is 0 Å². The van der Waals surface area contributed by atoms with E-state index in [1.165, 1.54) is 0 Å². The van der Waals surface area contributed by atoms with Crippen LogP contribution in [-0.4, -0.2) is 29.0 Å². The number of nitrogens with two attached hydrogens (primary N) is 2. The lowest BCUT2D eigenvalue weighted by Crippen LogP contribution is -2.26. The largest absolute Gasteiger partial charge is 0.460 e. The number of rotatable bonds is 5. The van der Waals surface area contributed by atoms with Crippen LogP contribution in [0.5, 0.6) is 0 Å². The Kier molecular flexibility index (Phi) is 9.32. The van der Waals surface area contributed by atoms with Gasteiger partial charge in [-0.25, -0.2) is 0 Å². The van der Waals surface area contributed by atoms with Crippen molar-refractivity contribution in [1.82, 2.24) is 0 Å². The van der Waals surface area contributed by atoms with Crippen molar-refractivity contribution in [3.63, 3.8) is 0 Å². The molecule has 7 heteroatoms. The summed E-state index contributed by atoms with van der Waals surface area (Å²) in [6.07, 6.45) is 0.645. The lowest BCUT2D eigenvalue weighted by Gasteiger charge is -2.18. The Balaban J connectivity index is 0. The maximum Gasteiger partial charge on any atom is 0.313 e. The molecule has 0 saturated carbocycles. The highest BCUT2D eigenvalue weighted by Crippen LogP contribution is 2.17. The Morgan fingerprint density at radius 1 is 0.909 bits per heavy atom. The van der Waals surface area contributed by atoms with E-state index in [4.69, 9.17) is 27.0 Å². The molecule has 128 valence electrons. The third-order valence-electron chi connectivity index (χ3n) is 2.21. The van der Waals surface area contributed by atoms with Gasteiger partial charge in [-0.3, -0.25) is 20.4 Å². The monoisotopic (exact) mass is 314 g/mol. The van der Waals surface area contributed by atoms with Crippen LogP contribution in [0.2, 0.25) is 0 Å². The maximum absolute atomic E-state index is 11.2. The van der Waals surface area contributed by atoms with Gasteiger partial charge in [0.1, 0.15) is 23.6 Å². The minimum atomic E-state index is -0.494. The highest BCUT2D eigenvalue weighted by molar-refractivity contribution is 5.94. The Morgan fingerprint density at radius 2 is 1.36 bits per heavy atom. The fourth-order valence-electron chi connectivity index (χ4n) is 1.16. The number of carbonyl (C=O) groups is 2. The zero-order valence-corrected chi connectivity index (χ0v) is 14.5. The van der Waals surface area contributed by atoms with Gasteiger partial charge in [0.15, 0.2) is 0 Å². The average Bonchev–Trinajstić information content (AvgIpc) is 2.21. The summed E-state index contributed by atoms with van der Waals surface area (Å²) in [5.41, 5.74) is 9.32. The van der Waals surface area contributed by atoms with Crippen LogP contribution in [0.1, 0.15) is 60.8 Å². The van der Waals surface area contributed by atoms with Crippen molar-refractivity contribution < 1.29 is 14.3 Å². The standard InChI is InChI=1S/C8H16N2O.C7H14N2O2/c1-8(2,3)6(11)4-5-7(9)10;1-7(2,3)11-6(10)4-5(8)9/h4-5H2,1-3H3,(H3,9,10);4H2,1-3H3,(H3,8,9). The van der Waals surface area contributed by atoms with Crippen molar-refractivity contribution in [2.75, 3.05) is 0 Å². The third kappa shape index (κ3) is 16.1. The second-order valence-electron chi connectivity index (χ2n) is 6.99. The summed E-state index contributed by atoms with van der Waals surface area (Å²) in [6, 6.07) is 0. The van der Waals surface area contributed by atoms with Crippen molar-refractivity contribution in [2.24, 2.45) is 16.9 Å². The van der Waals surface area contributed by atoms with Crippen LogP contribution in [0.25, 0.3) is 0 Å². The molecule has 6 N–H and O–H groups in total. The summed E-state index contributed by atoms with van der Waals surface area (Å²) < 4.78 is 4.89. The Hall–Kier alpha value is -1.92. The smallest absolute Gasteiger partial charge is 0.313 e. The summed E-state index contributed by atoms with van der Waals surface area (Å²) in [5.74, 6) is -0.375. The van der Waals surface area contributed by atoms with Gasteiger partial charge in [0.25, 0.3) is 0 Å². The molecule has 22 heavy (non-hydrogen) atoms. The summed E-state index contributed by atoms with van der Waals surface area (Å²) in [6.45, 7) is 10.9. The van der Waals surface area contributed by atoms with Crippen molar-refractivity contribution >= 4 is 23.4 Å². The fourth-order valence-corrected chi connectivity index (χ4v) is 1.16. The van der Waals surface area contributed by atoms with E-state index in [1.807, 2.05) is 20.8 Å². The Labute approximate surface area is 132 Å². The second-order valence-corrected chi connectivity index (χ2v) is 6.99. The van der Waals surface area contributed by atoms with Gasteiger partial charge in [0, 0.05) is 18.3 Å². The number of carbonyl (C=O) groups excluding carboxylic acids is 2. The summed E-state index contributed by atoms with van der Waals surface area (Å²) in [7, 11) is 0. The minimum Gasteiger partial charge on any atom is -0.460 e. The number of Topliss-reactive ketones (excluding diaryl/α,β-unsaturated/α-hetero) is 1. The first-order valence-electron chi connectivity index (χ1n) is 7.06. The van der Waals surface area contributed by atoms with Gasteiger partial charge < -0.3 is 16.2 Å². The molecule has 0 bridgehead atoms. The Morgan fingerprint density at radius 3 is 1.64 bits per heavy atom. The number of hydrogen-bond donors (Lipinski definition) is 4. The quantitative estimate of drug-likeness (QED) is 0.348. The molecule has 0 amide bonds. The van der Waals surface area contributed by atoms with Crippen LogP contribution < -0.4 is 11.5 Å². The highest BCUT2D eigenvalue weighted by Gasteiger charge is 2.20. The third-order valence-corrected chi connectivity index (χ3v) is 2.21. The second kappa shape index (κ2) is 9.17. The van der Waals surface area contributed by atoms with Gasteiger partial charge in [0.05, 0.1) is 5.84 Å². The first kappa shape index (κ1) is 22.4. The lowest BCUT2D eigenvalue weighted by molar-refractivity contribution is -0.153. The van der Waals surface area contributed by atoms with Gasteiger partial charge in [-0.2, -0.15) is 0 Å². The van der Waals surface area contributed by atoms with Gasteiger partial charge in [-0.1, -0.05) is 20.8 Å². The van der Waals surface area contributed by atoms with Gasteiger partial charge in [0.2, 0.25) is 0 Å². The van der Waals surface area contributed by atoms with Gasteiger partial charge in [-0.05, 0) is 20.8 Å². The topological polar surface area (TPSA) is 143 Å². The molecule has 0 radical (unpaired) electrons. The number of amidine groups is 2. The van der Waals surface area contributed by atoms with E-state index >= 15 is 0 Å². The van der Waals surface area contributed by atoms with E-state index in [-0.39, 0.29) is 29.3 Å². The summed E-state index contributed by atoms with van der Waals surface area (Å²) in [5, 5.41) is 13.7. The molecule has 0 heterocycles. The van der Waals surface area contributed by atoms with Crippen LogP contribution in [0, 0.1) is 16.2 Å². The number of esters is 1. The maximum atomic E-state index is 11.2. The number of ether oxygens (including phenoxy) is 1. The van der Waals surface area contributed by atoms with E-state index in [0.29, 0.717) is 12.8 Å². The van der Waals surface area contributed by atoms with Crippen LogP contribution in [0.4, 0.5) is 0 Å². The molecule has 0 spiro atoms. The molecular formula is C15H30N4O3. The molecule has 0 aromatic heterocycles. The van der Waals surface area contributed by atoms with Crippen LogP contribution in [0.3, 0.4) is 0 Å². The first-order valence-corrected chi connectivity index (χ1v) is 7.06. The zero-order valence-electron chi connectivity index (χ0n) is 14.5. The van der Waals surface area contributed by atoms with E-state index < -0.39 is 11.6 Å². The molecule has 0 aliphatic heterocycles. The van der Waals surface area contributed by atoms with E-state index in [0.717, 1.165) is 0 Å². The molecule has 0 aromatic rings. The molecule has 0 rings (SSSR count). The number of nitrogens with one attached hydrogen (secondary N) is 2. The molecule has 0 fully saturated rings. The predicted octanol–water partition coefficient (Wildman–Crippen LogP) is 1.97. The molecule has 0 unspecified atom stereocenters. The van der Waals surface area contributed by atoms with Crippen LogP contribution >= 0.6 is 0 Å². The van der Waals surface area contributed by atoms with Crippen LogP contribution in [0.15, 0.2) is 0 Å². The average molecular weight is 314 g/mol. The van der Waals surface area contributed by atoms with Gasteiger partial charge >= 0.3 is 5.97 Å². The van der Waals surface area contributed by atoms with Crippen molar-refractivity contribution in [1.29, 1.82) is 10.8 Å². The van der Waals surface area contributed by atoms with Crippen molar-refractivity contribution in [3.05, 3.63) is 0 Å². The predicted molar refractivity (Wildman–Crippen MR) is 88.0 cm³/mol. The first-order chi connectivity index (χ1) is 9.65. The molecular weight excluding hydrogens is 284 g/mol. The van der Waals surface area contributed by atoms with E-state index in [2.05, 4.69) is 0 Å². The fraction of sp³-hybridized carbons (Fsp3) is 0.733. The summed E-state index contributed by atoms with van der Waals surface area (Å²) >= 11 is 0. The van der Waals surface area contributed by atoms with Crippen molar-refractivity contribution in [2.45, 2.75) is 66.4 Å². The van der Waals surface area contributed by atoms with E-state index in [1.54, 1.807) is 20.8 Å². The number of hydrogen-bond acceptors (Lipinski definition) is 5. The lowest BCUT2D eigenvalue weighted by atomic mass is 9.88. The molecule has 0 aromatic carbocycles. The Bertz CT molecular complexity index is 417. The molecule has 7 nitrogen and oxygen atoms in total. The molecule has 0 aliphatic carbocycles. The molecule has 0 atom stereocenters. The van der Waals surface area contributed by atoms with E-state index in [9.17, 15) is 9.59 Å². The highest BCUT2D eigenvalue weighted by atomic mass is 16.6. The minimum absolute atomic E-state index is 0.0857. The zero-order chi connectivity index (χ0) is 18.1. The number of ketones is 1. The normalized spacial score (nSPS) is 11.0. The molecule has 0 aliphatic rings. The van der Waals surface area contributed by atoms with Crippen LogP contribution in [-0.2, 0) is 14.3 Å².